The molecule has 0 aliphatic carbocycles. The van der Waals surface area contributed by atoms with E-state index in [1.165, 1.54) is 11.5 Å². The zero-order valence-corrected chi connectivity index (χ0v) is 9.47. The van der Waals surface area contributed by atoms with Gasteiger partial charge in [0, 0.05) is 6.07 Å². The van der Waals surface area contributed by atoms with Crippen LogP contribution >= 0.6 is 11.5 Å². The fourth-order valence-corrected chi connectivity index (χ4v) is 2.12. The molecular weight excluding hydrogens is 208 g/mol. The van der Waals surface area contributed by atoms with Gasteiger partial charge in [-0.15, -0.1) is 0 Å². The fraction of sp³-hybridized carbons (Fsp3) is 0.182. The molecule has 1 aromatic heterocycles. The van der Waals surface area contributed by atoms with Crippen molar-refractivity contribution in [2.75, 3.05) is 12.8 Å². The van der Waals surface area contributed by atoms with Crippen LogP contribution in [0, 0.1) is 6.92 Å². The molecule has 0 saturated heterocycles. The Kier molecular flexibility index (Phi) is 2.60. The van der Waals surface area contributed by atoms with Crippen LogP contribution in [0.1, 0.15) is 5.56 Å². The van der Waals surface area contributed by atoms with Gasteiger partial charge in [0.1, 0.15) is 11.6 Å². The molecule has 0 atom stereocenters. The van der Waals surface area contributed by atoms with E-state index in [0.29, 0.717) is 5.82 Å². The quantitative estimate of drug-likeness (QED) is 0.846. The first-order valence-electron chi connectivity index (χ1n) is 4.58. The molecule has 0 unspecified atom stereocenters. The van der Waals surface area contributed by atoms with Gasteiger partial charge in [-0.25, -0.2) is 0 Å². The molecule has 4 heteroatoms. The summed E-state index contributed by atoms with van der Waals surface area (Å²) in [7, 11) is 1.67. The summed E-state index contributed by atoms with van der Waals surface area (Å²) in [5.41, 5.74) is 7.82. The van der Waals surface area contributed by atoms with Crippen LogP contribution in [0.2, 0.25) is 0 Å². The molecule has 1 heterocycles. The van der Waals surface area contributed by atoms with Crippen molar-refractivity contribution in [3.63, 3.8) is 0 Å². The lowest BCUT2D eigenvalue weighted by molar-refractivity contribution is 0.412. The normalized spacial score (nSPS) is 10.3. The van der Waals surface area contributed by atoms with E-state index in [9.17, 15) is 0 Å². The molecule has 0 saturated carbocycles. The van der Waals surface area contributed by atoms with Gasteiger partial charge in [0.25, 0.3) is 0 Å². The van der Waals surface area contributed by atoms with Gasteiger partial charge >= 0.3 is 0 Å². The van der Waals surface area contributed by atoms with Crippen molar-refractivity contribution >= 4 is 17.4 Å². The van der Waals surface area contributed by atoms with Crippen molar-refractivity contribution in [3.8, 4) is 16.2 Å². The molecule has 0 aliphatic rings. The van der Waals surface area contributed by atoms with Crippen molar-refractivity contribution in [1.82, 2.24) is 4.37 Å². The van der Waals surface area contributed by atoms with E-state index in [-0.39, 0.29) is 0 Å². The first-order chi connectivity index (χ1) is 7.20. The van der Waals surface area contributed by atoms with Crippen molar-refractivity contribution in [2.24, 2.45) is 0 Å². The lowest BCUT2D eigenvalue weighted by atomic mass is 10.1. The van der Waals surface area contributed by atoms with E-state index in [1.807, 2.05) is 25.1 Å². The number of aromatic nitrogens is 1. The number of anilines is 1. The van der Waals surface area contributed by atoms with E-state index >= 15 is 0 Å². The van der Waals surface area contributed by atoms with E-state index in [0.717, 1.165) is 21.8 Å². The second kappa shape index (κ2) is 3.90. The zero-order chi connectivity index (χ0) is 10.8. The molecule has 0 spiro atoms. The summed E-state index contributed by atoms with van der Waals surface area (Å²) in [4.78, 5) is 1.08. The Morgan fingerprint density at radius 1 is 1.33 bits per heavy atom. The molecule has 0 aliphatic heterocycles. The number of hydrogen-bond acceptors (Lipinski definition) is 4. The Balaban J connectivity index is 2.42. The number of hydrogen-bond donors (Lipinski definition) is 1. The number of aryl methyl sites for hydroxylation is 1. The number of ether oxygens (including phenoxy) is 1. The SMILES string of the molecule is COc1ccc(-c2cc(N)ns2)cc1C. The maximum atomic E-state index is 5.58. The molecule has 15 heavy (non-hydrogen) atoms. The Morgan fingerprint density at radius 2 is 2.13 bits per heavy atom. The molecule has 78 valence electrons. The minimum atomic E-state index is 0.573. The van der Waals surface area contributed by atoms with Gasteiger partial charge < -0.3 is 10.5 Å². The van der Waals surface area contributed by atoms with Gasteiger partial charge in [-0.2, -0.15) is 4.37 Å². The fourth-order valence-electron chi connectivity index (χ4n) is 1.46. The summed E-state index contributed by atoms with van der Waals surface area (Å²) in [5.74, 6) is 1.47. The van der Waals surface area contributed by atoms with Crippen LogP contribution < -0.4 is 10.5 Å². The molecule has 1 aromatic carbocycles. The van der Waals surface area contributed by atoms with Crippen molar-refractivity contribution in [3.05, 3.63) is 29.8 Å². The van der Waals surface area contributed by atoms with Crippen LogP contribution in [0.4, 0.5) is 5.82 Å². The first-order valence-corrected chi connectivity index (χ1v) is 5.35. The average Bonchev–Trinajstić information content (AvgIpc) is 2.65. The molecule has 2 aromatic rings. The molecule has 0 fully saturated rings. The summed E-state index contributed by atoms with van der Waals surface area (Å²) >= 11 is 1.41. The van der Waals surface area contributed by atoms with Crippen LogP contribution in [0.15, 0.2) is 24.3 Å². The Labute approximate surface area is 92.7 Å². The van der Waals surface area contributed by atoms with Crippen LogP contribution in [-0.2, 0) is 0 Å². The highest BCUT2D eigenvalue weighted by atomic mass is 32.1. The topological polar surface area (TPSA) is 48.1 Å². The third-order valence-electron chi connectivity index (χ3n) is 2.21. The number of rotatable bonds is 2. The molecule has 3 nitrogen and oxygen atoms in total. The summed E-state index contributed by atoms with van der Waals surface area (Å²) in [6.45, 7) is 2.02. The molecule has 0 amide bonds. The summed E-state index contributed by atoms with van der Waals surface area (Å²) in [5, 5.41) is 0. The number of nitrogens with two attached hydrogens (primary N) is 1. The second-order valence-electron chi connectivity index (χ2n) is 3.30. The lowest BCUT2D eigenvalue weighted by Crippen LogP contribution is -1.86. The highest BCUT2D eigenvalue weighted by molar-refractivity contribution is 7.09. The van der Waals surface area contributed by atoms with Gasteiger partial charge in [0.05, 0.1) is 12.0 Å². The minimum Gasteiger partial charge on any atom is -0.496 e. The van der Waals surface area contributed by atoms with Crippen molar-refractivity contribution < 1.29 is 4.74 Å². The largest absolute Gasteiger partial charge is 0.496 e. The highest BCUT2D eigenvalue weighted by Gasteiger charge is 2.04. The Bertz CT molecular complexity index is 479. The third-order valence-corrected chi connectivity index (χ3v) is 3.06. The van der Waals surface area contributed by atoms with Gasteiger partial charge in [0.15, 0.2) is 0 Å². The third kappa shape index (κ3) is 1.94. The first kappa shape index (κ1) is 9.98. The number of nitrogens with zero attached hydrogens (tertiary/aromatic N) is 1. The van der Waals surface area contributed by atoms with E-state index in [1.54, 1.807) is 7.11 Å². The summed E-state index contributed by atoms with van der Waals surface area (Å²) in [6.07, 6.45) is 0. The maximum Gasteiger partial charge on any atom is 0.137 e. The van der Waals surface area contributed by atoms with E-state index in [4.69, 9.17) is 10.5 Å². The van der Waals surface area contributed by atoms with Crippen LogP contribution in [0.3, 0.4) is 0 Å². The predicted molar refractivity (Wildman–Crippen MR) is 63.3 cm³/mol. The van der Waals surface area contributed by atoms with Gasteiger partial charge in [-0.3, -0.25) is 0 Å². The van der Waals surface area contributed by atoms with Crippen molar-refractivity contribution in [2.45, 2.75) is 6.92 Å². The van der Waals surface area contributed by atoms with Gasteiger partial charge in [-0.1, -0.05) is 0 Å². The standard InChI is InChI=1S/C11H12N2OS/c1-7-5-8(3-4-9(7)14-2)10-6-11(12)13-15-10/h3-6H,1-2H3,(H2,12,13). The second-order valence-corrected chi connectivity index (χ2v) is 4.11. The monoisotopic (exact) mass is 220 g/mol. The average molecular weight is 220 g/mol. The highest BCUT2D eigenvalue weighted by Crippen LogP contribution is 2.29. The van der Waals surface area contributed by atoms with E-state index in [2.05, 4.69) is 10.4 Å². The van der Waals surface area contributed by atoms with E-state index < -0.39 is 0 Å². The van der Waals surface area contributed by atoms with Crippen LogP contribution in [0.5, 0.6) is 5.75 Å². The van der Waals surface area contributed by atoms with Crippen molar-refractivity contribution in [1.29, 1.82) is 0 Å². The predicted octanol–water partition coefficient (Wildman–Crippen LogP) is 2.71. The Hall–Kier alpha value is -1.55. The molecule has 0 radical (unpaired) electrons. The van der Waals surface area contributed by atoms with Gasteiger partial charge in [-0.05, 0) is 47.8 Å². The number of benzene rings is 1. The lowest BCUT2D eigenvalue weighted by Gasteiger charge is -2.05. The number of nitrogen functional groups attached to an aromatic ring is 1. The number of methoxy groups -OCH3 is 1. The van der Waals surface area contributed by atoms with Crippen LogP contribution in [0.25, 0.3) is 10.4 Å². The molecule has 0 bridgehead atoms. The minimum absolute atomic E-state index is 0.573. The summed E-state index contributed by atoms with van der Waals surface area (Å²) < 4.78 is 9.26. The maximum absolute atomic E-state index is 5.58. The summed E-state index contributed by atoms with van der Waals surface area (Å²) in [6, 6.07) is 7.93. The smallest absolute Gasteiger partial charge is 0.137 e. The van der Waals surface area contributed by atoms with Crippen LogP contribution in [-0.4, -0.2) is 11.5 Å². The zero-order valence-electron chi connectivity index (χ0n) is 8.65. The molecule has 2 N–H and O–H groups in total. The molecular formula is C11H12N2OS. The molecule has 2 rings (SSSR count). The van der Waals surface area contributed by atoms with Gasteiger partial charge in [0.2, 0.25) is 0 Å². The Morgan fingerprint density at radius 3 is 2.67 bits per heavy atom.